The van der Waals surface area contributed by atoms with Crippen LogP contribution in [-0.4, -0.2) is 26.8 Å². The van der Waals surface area contributed by atoms with Crippen molar-refractivity contribution in [2.24, 2.45) is 10.2 Å². The highest BCUT2D eigenvalue weighted by Gasteiger charge is 2.28. The largest absolute Gasteiger partial charge is 0.242 e. The van der Waals surface area contributed by atoms with Crippen LogP contribution in [0.3, 0.4) is 0 Å². The topological polar surface area (TPSA) is 62.1 Å². The molecule has 5 nitrogen and oxygen atoms in total. The highest BCUT2D eigenvalue weighted by Crippen LogP contribution is 2.36. The lowest BCUT2D eigenvalue weighted by Crippen LogP contribution is -2.24. The van der Waals surface area contributed by atoms with Crippen molar-refractivity contribution in [1.29, 1.82) is 0 Å². The van der Waals surface area contributed by atoms with E-state index in [1.54, 1.807) is 12.1 Å². The van der Waals surface area contributed by atoms with Crippen molar-refractivity contribution in [2.45, 2.75) is 17.5 Å². The highest BCUT2D eigenvalue weighted by molar-refractivity contribution is 7.89. The Balaban J connectivity index is 2.19. The van der Waals surface area contributed by atoms with Crippen LogP contribution in [0.2, 0.25) is 0 Å². The number of rotatable bonds is 3. The molecule has 3 rings (SSSR count). The van der Waals surface area contributed by atoms with Gasteiger partial charge in [0.1, 0.15) is 6.04 Å². The van der Waals surface area contributed by atoms with Crippen LogP contribution < -0.4 is 0 Å². The smallest absolute Gasteiger partial charge is 0.207 e. The molecule has 0 bridgehead atoms. The first-order chi connectivity index (χ1) is 10.5. The first kappa shape index (κ1) is 14.9. The van der Waals surface area contributed by atoms with E-state index in [-0.39, 0.29) is 10.9 Å². The van der Waals surface area contributed by atoms with Crippen molar-refractivity contribution in [2.75, 3.05) is 14.1 Å². The fourth-order valence-electron chi connectivity index (χ4n) is 2.57. The minimum absolute atomic E-state index is 0.278. The Bertz CT molecular complexity index is 829. The molecule has 2 aromatic carbocycles. The van der Waals surface area contributed by atoms with Crippen molar-refractivity contribution in [3.8, 4) is 0 Å². The van der Waals surface area contributed by atoms with Crippen LogP contribution in [0.1, 0.15) is 22.7 Å². The van der Waals surface area contributed by atoms with Gasteiger partial charge in [0.2, 0.25) is 10.0 Å². The van der Waals surface area contributed by atoms with E-state index >= 15 is 0 Å². The molecule has 0 amide bonds. The maximum absolute atomic E-state index is 12.6. The van der Waals surface area contributed by atoms with Gasteiger partial charge in [0, 0.05) is 19.7 Å². The van der Waals surface area contributed by atoms with Gasteiger partial charge < -0.3 is 0 Å². The molecule has 0 aromatic heterocycles. The number of hydrogen-bond donors (Lipinski definition) is 0. The zero-order chi connectivity index (χ0) is 15.7. The Hall–Kier alpha value is -2.05. The number of nitrogens with zero attached hydrogens (tertiary/aromatic N) is 3. The maximum Gasteiger partial charge on any atom is 0.242 e. The first-order valence-corrected chi connectivity index (χ1v) is 8.41. The predicted octanol–water partition coefficient (Wildman–Crippen LogP) is 2.99. The van der Waals surface area contributed by atoms with E-state index in [2.05, 4.69) is 10.2 Å². The van der Waals surface area contributed by atoms with E-state index in [1.165, 1.54) is 18.4 Å². The molecule has 0 saturated carbocycles. The first-order valence-electron chi connectivity index (χ1n) is 6.97. The fourth-order valence-corrected chi connectivity index (χ4v) is 3.70. The summed E-state index contributed by atoms with van der Waals surface area (Å²) in [6.07, 6.45) is 0. The fraction of sp³-hybridized carbons (Fsp3) is 0.250. The van der Waals surface area contributed by atoms with Crippen LogP contribution in [0.25, 0.3) is 0 Å². The van der Waals surface area contributed by atoms with Crippen molar-refractivity contribution in [3.05, 3.63) is 65.2 Å². The van der Waals surface area contributed by atoms with E-state index in [9.17, 15) is 8.42 Å². The van der Waals surface area contributed by atoms with Crippen molar-refractivity contribution < 1.29 is 8.42 Å². The third kappa shape index (κ3) is 2.44. The van der Waals surface area contributed by atoms with Crippen molar-refractivity contribution in [1.82, 2.24) is 4.31 Å². The molecule has 1 heterocycles. The van der Waals surface area contributed by atoms with Gasteiger partial charge in [-0.25, -0.2) is 12.7 Å². The Labute approximate surface area is 130 Å². The standard InChI is InChI=1S/C16H17N3O2S/c1-19(2)22(20,21)15-10-6-5-9-14(15)16-13-8-4-3-7-12(13)11-17-18-16/h3-10,16H,11H2,1-2H3. The van der Waals surface area contributed by atoms with Gasteiger partial charge in [0.05, 0.1) is 11.4 Å². The third-order valence-electron chi connectivity index (χ3n) is 3.76. The number of benzene rings is 2. The third-order valence-corrected chi connectivity index (χ3v) is 5.65. The van der Waals surface area contributed by atoms with Crippen LogP contribution in [0, 0.1) is 0 Å². The molecule has 0 saturated heterocycles. The normalized spacial score (nSPS) is 17.5. The molecule has 2 aromatic rings. The van der Waals surface area contributed by atoms with Crippen molar-refractivity contribution in [3.63, 3.8) is 0 Å². The summed E-state index contributed by atoms with van der Waals surface area (Å²) in [4.78, 5) is 0.278. The second-order valence-electron chi connectivity index (χ2n) is 5.34. The average Bonchev–Trinajstić information content (AvgIpc) is 2.54. The lowest BCUT2D eigenvalue weighted by atomic mass is 9.94. The summed E-state index contributed by atoms with van der Waals surface area (Å²) in [5.41, 5.74) is 2.76. The summed E-state index contributed by atoms with van der Waals surface area (Å²) >= 11 is 0. The lowest BCUT2D eigenvalue weighted by Gasteiger charge is -2.22. The van der Waals surface area contributed by atoms with Gasteiger partial charge in [0.15, 0.2) is 0 Å². The maximum atomic E-state index is 12.6. The van der Waals surface area contributed by atoms with Crippen molar-refractivity contribution >= 4 is 10.0 Å². The van der Waals surface area contributed by atoms with Gasteiger partial charge in [-0.05, 0) is 17.2 Å². The van der Waals surface area contributed by atoms with Gasteiger partial charge in [0.25, 0.3) is 0 Å². The van der Waals surface area contributed by atoms with Crippen LogP contribution in [0.5, 0.6) is 0 Å². The SMILES string of the molecule is CN(C)S(=O)(=O)c1ccccc1C1N=NCc2ccccc21. The predicted molar refractivity (Wildman–Crippen MR) is 84.2 cm³/mol. The summed E-state index contributed by atoms with van der Waals surface area (Å²) in [5.74, 6) is 0. The van der Waals surface area contributed by atoms with Gasteiger partial charge in [-0.15, -0.1) is 0 Å². The van der Waals surface area contributed by atoms with E-state index in [0.29, 0.717) is 12.1 Å². The second-order valence-corrected chi connectivity index (χ2v) is 7.46. The summed E-state index contributed by atoms with van der Waals surface area (Å²) in [6.45, 7) is 0.537. The molecule has 1 aliphatic rings. The molecule has 0 aliphatic carbocycles. The van der Waals surface area contributed by atoms with E-state index in [0.717, 1.165) is 11.1 Å². The van der Waals surface area contributed by atoms with Gasteiger partial charge in [-0.3, -0.25) is 0 Å². The van der Waals surface area contributed by atoms with E-state index < -0.39 is 10.0 Å². The van der Waals surface area contributed by atoms with Gasteiger partial charge in [-0.2, -0.15) is 10.2 Å². The Morgan fingerprint density at radius 2 is 1.64 bits per heavy atom. The molecule has 114 valence electrons. The summed E-state index contributed by atoms with van der Waals surface area (Å²) in [6, 6.07) is 14.5. The molecular weight excluding hydrogens is 298 g/mol. The molecular formula is C16H17N3O2S. The number of sulfonamides is 1. The number of hydrogen-bond acceptors (Lipinski definition) is 4. The minimum atomic E-state index is -3.53. The zero-order valence-corrected chi connectivity index (χ0v) is 13.3. The Morgan fingerprint density at radius 3 is 2.36 bits per heavy atom. The number of fused-ring (bicyclic) bond motifs is 1. The van der Waals surface area contributed by atoms with Gasteiger partial charge >= 0.3 is 0 Å². The lowest BCUT2D eigenvalue weighted by molar-refractivity contribution is 0.518. The van der Waals surface area contributed by atoms with Crippen LogP contribution in [-0.2, 0) is 16.6 Å². The zero-order valence-electron chi connectivity index (χ0n) is 12.5. The van der Waals surface area contributed by atoms with Crippen LogP contribution in [0.4, 0.5) is 0 Å². The van der Waals surface area contributed by atoms with Gasteiger partial charge in [-0.1, -0.05) is 42.5 Å². The number of azo groups is 1. The molecule has 0 spiro atoms. The Morgan fingerprint density at radius 1 is 1.00 bits per heavy atom. The van der Waals surface area contributed by atoms with E-state index in [4.69, 9.17) is 0 Å². The molecule has 1 unspecified atom stereocenters. The summed E-state index contributed by atoms with van der Waals surface area (Å²) in [7, 11) is -0.467. The summed E-state index contributed by atoms with van der Waals surface area (Å²) in [5, 5.41) is 8.48. The average molecular weight is 315 g/mol. The van der Waals surface area contributed by atoms with Crippen LogP contribution in [0.15, 0.2) is 63.7 Å². The summed E-state index contributed by atoms with van der Waals surface area (Å²) < 4.78 is 26.3. The second kappa shape index (κ2) is 5.62. The monoisotopic (exact) mass is 315 g/mol. The van der Waals surface area contributed by atoms with E-state index in [1.807, 2.05) is 36.4 Å². The molecule has 0 N–H and O–H groups in total. The van der Waals surface area contributed by atoms with Crippen LogP contribution >= 0.6 is 0 Å². The molecule has 1 atom stereocenters. The Kier molecular flexibility index (Phi) is 3.80. The quantitative estimate of drug-likeness (QED) is 0.874. The molecule has 1 aliphatic heterocycles. The molecule has 0 radical (unpaired) electrons. The molecule has 0 fully saturated rings. The minimum Gasteiger partial charge on any atom is -0.207 e. The molecule has 6 heteroatoms. The highest BCUT2D eigenvalue weighted by atomic mass is 32.2. The molecule has 22 heavy (non-hydrogen) atoms.